The Morgan fingerprint density at radius 1 is 0.263 bits per heavy atom. The zero-order chi connectivity index (χ0) is 57.8. The van der Waals surface area contributed by atoms with Crippen molar-refractivity contribution in [2.24, 2.45) is 0 Å². The van der Waals surface area contributed by atoms with Gasteiger partial charge in [0.1, 0.15) is 13.2 Å². The molecule has 0 saturated carbocycles. The number of carbonyl (C=O) groups excluding carboxylic acids is 3. The van der Waals surface area contributed by atoms with Crippen molar-refractivity contribution in [1.82, 2.24) is 0 Å². The number of allylic oxidation sites excluding steroid dienone is 24. The van der Waals surface area contributed by atoms with Gasteiger partial charge in [-0.1, -0.05) is 269 Å². The molecule has 80 heavy (non-hydrogen) atoms. The van der Waals surface area contributed by atoms with Crippen LogP contribution in [0.3, 0.4) is 0 Å². The summed E-state index contributed by atoms with van der Waals surface area (Å²) in [6.45, 7) is 6.37. The highest BCUT2D eigenvalue weighted by atomic mass is 16.6. The molecule has 0 bridgehead atoms. The topological polar surface area (TPSA) is 78.9 Å². The van der Waals surface area contributed by atoms with Crippen molar-refractivity contribution in [3.63, 3.8) is 0 Å². The lowest BCUT2D eigenvalue weighted by molar-refractivity contribution is -0.167. The summed E-state index contributed by atoms with van der Waals surface area (Å²) in [5.74, 6) is -0.932. The maximum absolute atomic E-state index is 12.9. The Kier molecular flexibility index (Phi) is 62.9. The molecule has 6 heteroatoms. The second kappa shape index (κ2) is 66.8. The molecule has 0 fully saturated rings. The first-order chi connectivity index (χ1) is 39.5. The molecule has 0 spiro atoms. The van der Waals surface area contributed by atoms with E-state index in [1.54, 1.807) is 0 Å². The summed E-state index contributed by atoms with van der Waals surface area (Å²) in [5.41, 5.74) is 0. The molecule has 0 amide bonds. The Labute approximate surface area is 493 Å². The van der Waals surface area contributed by atoms with Crippen LogP contribution in [0.2, 0.25) is 0 Å². The van der Waals surface area contributed by atoms with E-state index in [4.69, 9.17) is 14.2 Å². The molecule has 0 aliphatic carbocycles. The Balaban J connectivity index is 4.34. The van der Waals surface area contributed by atoms with Gasteiger partial charge in [-0.15, -0.1) is 0 Å². The first kappa shape index (κ1) is 75.3. The van der Waals surface area contributed by atoms with E-state index in [2.05, 4.69) is 167 Å². The SMILES string of the molecule is CC/C=C\C/C=C\C/C=C\C/C=C\C/C=C\C/C=C\C/C=C\CCCCCCCCCCCC(=O)OCC(COC(=O)CCCCCCC/C=C\C/C=C\C/C=C\CC)OC(=O)CCCCCCC/C=C\C/C=C\CCCCCC. The van der Waals surface area contributed by atoms with Gasteiger partial charge in [-0.25, -0.2) is 0 Å². The molecule has 0 aromatic heterocycles. The standard InChI is InChI=1S/C74H120O6/c1-4-7-10-13-16-19-22-25-28-30-31-32-33-34-35-36-37-38-39-40-41-42-43-44-47-49-52-55-58-61-64-67-73(76)79-70-71(69-78-72(75)66-63-60-57-54-51-48-45-27-24-21-18-15-12-9-6-3)80-74(77)68-65-62-59-56-53-50-46-29-26-23-20-17-14-11-8-5-2/h7,9-10,12,16,18-21,23,25,27-29,31-32,34-35,37-38,40-41,45-46,71H,4-6,8,11,13-15,17,22,24,26,30,33,36,39,42-44,47-70H2,1-3H3/b10-7-,12-9-,19-16-,21-18-,23-20-,28-25-,32-31-,35-34-,38-37-,41-40-,45-27-,46-29-. The molecule has 452 valence electrons. The highest BCUT2D eigenvalue weighted by Gasteiger charge is 2.19. The van der Waals surface area contributed by atoms with Crippen LogP contribution in [0, 0.1) is 0 Å². The second-order valence-corrected chi connectivity index (χ2v) is 21.3. The fourth-order valence-corrected chi connectivity index (χ4v) is 8.70. The number of rotatable bonds is 58. The predicted octanol–water partition coefficient (Wildman–Crippen LogP) is 22.7. The van der Waals surface area contributed by atoms with E-state index in [1.165, 1.54) is 70.6 Å². The van der Waals surface area contributed by atoms with Crippen molar-refractivity contribution in [3.05, 3.63) is 146 Å². The maximum Gasteiger partial charge on any atom is 0.306 e. The molecule has 1 atom stereocenters. The second-order valence-electron chi connectivity index (χ2n) is 21.3. The van der Waals surface area contributed by atoms with Crippen molar-refractivity contribution in [3.8, 4) is 0 Å². The normalized spacial score (nSPS) is 13.1. The minimum absolute atomic E-state index is 0.0968. The number of ether oxygens (including phenoxy) is 3. The van der Waals surface area contributed by atoms with E-state index in [9.17, 15) is 14.4 Å². The van der Waals surface area contributed by atoms with Crippen LogP contribution < -0.4 is 0 Å². The van der Waals surface area contributed by atoms with Gasteiger partial charge >= 0.3 is 17.9 Å². The van der Waals surface area contributed by atoms with Gasteiger partial charge in [-0.05, 0) is 141 Å². The number of carbonyl (C=O) groups is 3. The van der Waals surface area contributed by atoms with Crippen LogP contribution in [-0.4, -0.2) is 37.2 Å². The van der Waals surface area contributed by atoms with Crippen molar-refractivity contribution < 1.29 is 28.6 Å². The summed E-state index contributed by atoms with van der Waals surface area (Å²) in [4.78, 5) is 38.3. The summed E-state index contributed by atoms with van der Waals surface area (Å²) >= 11 is 0. The van der Waals surface area contributed by atoms with Gasteiger partial charge in [0.2, 0.25) is 0 Å². The average Bonchev–Trinajstić information content (AvgIpc) is 3.46. The smallest absolute Gasteiger partial charge is 0.306 e. The highest BCUT2D eigenvalue weighted by molar-refractivity contribution is 5.71. The van der Waals surface area contributed by atoms with Gasteiger partial charge in [-0.3, -0.25) is 14.4 Å². The van der Waals surface area contributed by atoms with E-state index in [0.29, 0.717) is 19.3 Å². The van der Waals surface area contributed by atoms with Gasteiger partial charge in [0, 0.05) is 19.3 Å². The molecule has 1 unspecified atom stereocenters. The van der Waals surface area contributed by atoms with Crippen LogP contribution in [-0.2, 0) is 28.6 Å². The molecule has 0 aliphatic rings. The molecule has 0 radical (unpaired) electrons. The monoisotopic (exact) mass is 1100 g/mol. The first-order valence-corrected chi connectivity index (χ1v) is 32.8. The van der Waals surface area contributed by atoms with Crippen molar-refractivity contribution >= 4 is 17.9 Å². The third-order valence-electron chi connectivity index (χ3n) is 13.6. The lowest BCUT2D eigenvalue weighted by atomic mass is 10.1. The summed E-state index contributed by atoms with van der Waals surface area (Å²) in [6.07, 6.45) is 95.7. The predicted molar refractivity (Wildman–Crippen MR) is 348 cm³/mol. The molecule has 0 saturated heterocycles. The number of hydrogen-bond donors (Lipinski definition) is 0. The molecule has 0 aromatic carbocycles. The molecule has 0 rings (SSSR count). The van der Waals surface area contributed by atoms with Gasteiger partial charge in [0.05, 0.1) is 0 Å². The van der Waals surface area contributed by atoms with Crippen LogP contribution >= 0.6 is 0 Å². The Hall–Kier alpha value is -4.71. The zero-order valence-electron chi connectivity index (χ0n) is 51.8. The number of esters is 3. The lowest BCUT2D eigenvalue weighted by Crippen LogP contribution is -2.30. The highest BCUT2D eigenvalue weighted by Crippen LogP contribution is 2.15. The Bertz CT molecular complexity index is 1750. The van der Waals surface area contributed by atoms with Gasteiger partial charge in [0.25, 0.3) is 0 Å². The molecule has 0 aromatic rings. The van der Waals surface area contributed by atoms with Gasteiger partial charge < -0.3 is 14.2 Å². The van der Waals surface area contributed by atoms with Crippen molar-refractivity contribution in [2.45, 2.75) is 290 Å². The minimum Gasteiger partial charge on any atom is -0.462 e. The van der Waals surface area contributed by atoms with Crippen LogP contribution in [0.1, 0.15) is 284 Å². The Morgan fingerprint density at radius 2 is 0.487 bits per heavy atom. The molecule has 0 N–H and O–H groups in total. The third-order valence-corrected chi connectivity index (χ3v) is 13.6. The fourth-order valence-electron chi connectivity index (χ4n) is 8.70. The van der Waals surface area contributed by atoms with E-state index in [0.717, 1.165) is 173 Å². The van der Waals surface area contributed by atoms with E-state index < -0.39 is 6.10 Å². The lowest BCUT2D eigenvalue weighted by Gasteiger charge is -2.18. The average molecular weight is 1110 g/mol. The van der Waals surface area contributed by atoms with Gasteiger partial charge in [0.15, 0.2) is 6.10 Å². The largest absolute Gasteiger partial charge is 0.462 e. The zero-order valence-corrected chi connectivity index (χ0v) is 51.8. The van der Waals surface area contributed by atoms with Crippen LogP contribution in [0.25, 0.3) is 0 Å². The summed E-state index contributed by atoms with van der Waals surface area (Å²) in [6, 6.07) is 0. The first-order valence-electron chi connectivity index (χ1n) is 32.8. The van der Waals surface area contributed by atoms with E-state index >= 15 is 0 Å². The van der Waals surface area contributed by atoms with E-state index in [1.807, 2.05) is 0 Å². The number of hydrogen-bond acceptors (Lipinski definition) is 6. The molecule has 6 nitrogen and oxygen atoms in total. The Morgan fingerprint density at radius 3 is 0.762 bits per heavy atom. The molecular weight excluding hydrogens is 985 g/mol. The van der Waals surface area contributed by atoms with Crippen molar-refractivity contribution in [2.75, 3.05) is 13.2 Å². The number of unbranched alkanes of at least 4 members (excludes halogenated alkanes) is 23. The molecular formula is C74H120O6. The maximum atomic E-state index is 12.9. The fraction of sp³-hybridized carbons (Fsp3) is 0.635. The van der Waals surface area contributed by atoms with Crippen LogP contribution in [0.15, 0.2) is 146 Å². The summed E-state index contributed by atoms with van der Waals surface area (Å²) < 4.78 is 16.9. The van der Waals surface area contributed by atoms with Gasteiger partial charge in [-0.2, -0.15) is 0 Å². The quantitative estimate of drug-likeness (QED) is 0.0261. The van der Waals surface area contributed by atoms with Crippen molar-refractivity contribution in [1.29, 1.82) is 0 Å². The van der Waals surface area contributed by atoms with E-state index in [-0.39, 0.29) is 31.1 Å². The summed E-state index contributed by atoms with van der Waals surface area (Å²) in [7, 11) is 0. The van der Waals surface area contributed by atoms with Crippen LogP contribution in [0.4, 0.5) is 0 Å². The van der Waals surface area contributed by atoms with Crippen LogP contribution in [0.5, 0.6) is 0 Å². The molecule has 0 heterocycles. The molecule has 0 aliphatic heterocycles. The minimum atomic E-state index is -0.802. The third kappa shape index (κ3) is 64.1. The summed E-state index contributed by atoms with van der Waals surface area (Å²) in [5, 5.41) is 0.